The summed E-state index contributed by atoms with van der Waals surface area (Å²) in [6.45, 7) is 4.26. The first-order valence-corrected chi connectivity index (χ1v) is 12.2. The predicted octanol–water partition coefficient (Wildman–Crippen LogP) is 9.37. The summed E-state index contributed by atoms with van der Waals surface area (Å²) in [4.78, 5) is 0. The minimum Gasteiger partial charge on any atom is -0.399 e. The maximum absolute atomic E-state index is 14.8. The predicted molar refractivity (Wildman–Crippen MR) is 121 cm³/mol. The van der Waals surface area contributed by atoms with Crippen molar-refractivity contribution in [2.24, 2.45) is 17.8 Å². The number of halogens is 7. The Hall–Kier alpha value is -2.25. The van der Waals surface area contributed by atoms with Gasteiger partial charge in [-0.3, -0.25) is 0 Å². The first kappa shape index (κ1) is 27.3. The average Bonchev–Trinajstić information content (AvgIpc) is 2.76. The van der Waals surface area contributed by atoms with Crippen molar-refractivity contribution in [2.75, 3.05) is 0 Å². The van der Waals surface area contributed by atoms with Crippen LogP contribution >= 0.6 is 0 Å². The van der Waals surface area contributed by atoms with E-state index in [-0.39, 0.29) is 5.92 Å². The first-order chi connectivity index (χ1) is 16.5. The van der Waals surface area contributed by atoms with Gasteiger partial charge >= 0.3 is 6.36 Å². The van der Waals surface area contributed by atoms with Gasteiger partial charge in [0.1, 0.15) is 11.6 Å². The molecule has 1 aliphatic rings. The molecular weight excluding hydrogens is 473 g/mol. The van der Waals surface area contributed by atoms with Crippen LogP contribution in [0.2, 0.25) is 0 Å². The average molecular weight is 505 g/mol. The lowest BCUT2D eigenvalue weighted by molar-refractivity contribution is -0.276. The lowest BCUT2D eigenvalue weighted by Gasteiger charge is -2.32. The molecule has 2 aromatic rings. The van der Waals surface area contributed by atoms with E-state index in [9.17, 15) is 30.7 Å². The molecule has 1 unspecified atom stereocenters. The molecule has 194 valence electrons. The van der Waals surface area contributed by atoms with Crippen LogP contribution in [0.25, 0.3) is 11.1 Å². The van der Waals surface area contributed by atoms with E-state index in [2.05, 4.69) is 18.6 Å². The van der Waals surface area contributed by atoms with Crippen molar-refractivity contribution < 1.29 is 35.5 Å². The van der Waals surface area contributed by atoms with Crippen molar-refractivity contribution in [3.05, 3.63) is 53.1 Å². The second-order valence-corrected chi connectivity index (χ2v) is 9.71. The van der Waals surface area contributed by atoms with Crippen LogP contribution in [0.4, 0.5) is 30.7 Å². The summed E-state index contributed by atoms with van der Waals surface area (Å²) in [6.07, 6.45) is 4.66. The third-order valence-electron chi connectivity index (χ3n) is 7.08. The molecule has 0 radical (unpaired) electrons. The summed E-state index contributed by atoms with van der Waals surface area (Å²) in [6, 6.07) is 3.10. The maximum atomic E-state index is 14.8. The normalized spacial score (nSPS) is 19.6. The van der Waals surface area contributed by atoms with Gasteiger partial charge in [0.2, 0.25) is 5.75 Å². The van der Waals surface area contributed by atoms with Crippen LogP contribution in [0.5, 0.6) is 5.75 Å². The van der Waals surface area contributed by atoms with Crippen molar-refractivity contribution in [2.45, 2.75) is 78.0 Å². The molecular formula is C27H31F7O. The van der Waals surface area contributed by atoms with Gasteiger partial charge in [0, 0.05) is 0 Å². The van der Waals surface area contributed by atoms with Gasteiger partial charge < -0.3 is 4.74 Å². The van der Waals surface area contributed by atoms with Crippen molar-refractivity contribution in [1.82, 2.24) is 0 Å². The maximum Gasteiger partial charge on any atom is 0.573 e. The molecule has 3 rings (SSSR count). The zero-order valence-corrected chi connectivity index (χ0v) is 20.0. The largest absolute Gasteiger partial charge is 0.573 e. The fraction of sp³-hybridized carbons (Fsp3) is 0.556. The van der Waals surface area contributed by atoms with Crippen LogP contribution in [0.15, 0.2) is 24.3 Å². The van der Waals surface area contributed by atoms with Gasteiger partial charge in [-0.2, -0.15) is 0 Å². The van der Waals surface area contributed by atoms with E-state index in [1.54, 1.807) is 0 Å². The Kier molecular flexibility index (Phi) is 9.11. The van der Waals surface area contributed by atoms with Crippen LogP contribution in [-0.4, -0.2) is 6.36 Å². The van der Waals surface area contributed by atoms with E-state index in [4.69, 9.17) is 0 Å². The van der Waals surface area contributed by atoms with E-state index in [1.807, 2.05) is 0 Å². The molecule has 0 spiro atoms. The van der Waals surface area contributed by atoms with Gasteiger partial charge in [0.15, 0.2) is 11.6 Å². The van der Waals surface area contributed by atoms with Crippen molar-refractivity contribution in [3.8, 4) is 16.9 Å². The molecule has 1 fully saturated rings. The molecule has 0 aromatic heterocycles. The van der Waals surface area contributed by atoms with Gasteiger partial charge in [-0.05, 0) is 72.4 Å². The second kappa shape index (κ2) is 11.7. The fourth-order valence-electron chi connectivity index (χ4n) is 5.20. The van der Waals surface area contributed by atoms with Gasteiger partial charge in [-0.25, -0.2) is 17.6 Å². The van der Waals surface area contributed by atoms with E-state index < -0.39 is 46.5 Å². The highest BCUT2D eigenvalue weighted by Crippen LogP contribution is 2.38. The molecule has 1 nitrogen and oxygen atoms in total. The Morgan fingerprint density at radius 2 is 1.43 bits per heavy atom. The zero-order chi connectivity index (χ0) is 25.8. The molecule has 1 aliphatic carbocycles. The summed E-state index contributed by atoms with van der Waals surface area (Å²) in [5.41, 5.74) is -0.824. The lowest BCUT2D eigenvalue weighted by atomic mass is 9.73. The zero-order valence-electron chi connectivity index (χ0n) is 20.0. The molecule has 1 atom stereocenters. The number of benzene rings is 2. The topological polar surface area (TPSA) is 9.23 Å². The highest BCUT2D eigenvalue weighted by molar-refractivity contribution is 5.66. The van der Waals surface area contributed by atoms with Crippen molar-refractivity contribution in [1.29, 1.82) is 0 Å². The fourth-order valence-corrected chi connectivity index (χ4v) is 5.20. The Labute approximate surface area is 201 Å². The third kappa shape index (κ3) is 7.37. The molecule has 0 amide bonds. The minimum atomic E-state index is -5.31. The summed E-state index contributed by atoms with van der Waals surface area (Å²) >= 11 is 0. The number of hydrogen-bond donors (Lipinski definition) is 0. The van der Waals surface area contributed by atoms with Crippen LogP contribution in [-0.2, 0) is 6.42 Å². The first-order valence-electron chi connectivity index (χ1n) is 12.2. The number of unbranched alkanes of at least 4 members (excludes halogenated alkanes) is 2. The molecule has 0 aliphatic heterocycles. The SMILES string of the molecule is CCCCCC1CCC(C(C)Cc2cc(F)c(-c3cc(F)c(OC(F)(F)F)c(F)c3)c(F)c2)CC1. The van der Waals surface area contributed by atoms with Crippen LogP contribution in [0.3, 0.4) is 0 Å². The molecule has 0 saturated heterocycles. The van der Waals surface area contributed by atoms with Crippen molar-refractivity contribution >= 4 is 0 Å². The molecule has 0 heterocycles. The van der Waals surface area contributed by atoms with E-state index in [1.165, 1.54) is 38.5 Å². The highest BCUT2D eigenvalue weighted by atomic mass is 19.4. The Morgan fingerprint density at radius 1 is 0.857 bits per heavy atom. The Bertz CT molecular complexity index is 947. The van der Waals surface area contributed by atoms with Crippen LogP contribution in [0.1, 0.15) is 70.8 Å². The molecule has 0 N–H and O–H groups in total. The monoisotopic (exact) mass is 504 g/mol. The number of ether oxygens (including phenoxy) is 1. The summed E-state index contributed by atoms with van der Waals surface area (Å²) in [7, 11) is 0. The second-order valence-electron chi connectivity index (χ2n) is 9.71. The Balaban J connectivity index is 1.69. The summed E-state index contributed by atoms with van der Waals surface area (Å²) in [5, 5.41) is 0. The Morgan fingerprint density at radius 3 is 1.94 bits per heavy atom. The van der Waals surface area contributed by atoms with Gasteiger partial charge in [-0.15, -0.1) is 13.2 Å². The van der Waals surface area contributed by atoms with E-state index >= 15 is 0 Å². The number of alkyl halides is 3. The number of rotatable bonds is 9. The van der Waals surface area contributed by atoms with Gasteiger partial charge in [-0.1, -0.05) is 52.4 Å². The summed E-state index contributed by atoms with van der Waals surface area (Å²) < 4.78 is 98.1. The summed E-state index contributed by atoms with van der Waals surface area (Å²) in [5.74, 6) is -5.72. The number of hydrogen-bond acceptors (Lipinski definition) is 1. The molecule has 1 saturated carbocycles. The quantitative estimate of drug-likeness (QED) is 0.244. The molecule has 2 aromatic carbocycles. The van der Waals surface area contributed by atoms with Crippen LogP contribution < -0.4 is 4.74 Å². The van der Waals surface area contributed by atoms with Gasteiger partial charge in [0.25, 0.3) is 0 Å². The third-order valence-corrected chi connectivity index (χ3v) is 7.08. The van der Waals surface area contributed by atoms with E-state index in [0.717, 1.165) is 30.9 Å². The molecule has 0 bridgehead atoms. The van der Waals surface area contributed by atoms with Crippen molar-refractivity contribution in [3.63, 3.8) is 0 Å². The van der Waals surface area contributed by atoms with Crippen LogP contribution in [0, 0.1) is 41.0 Å². The van der Waals surface area contributed by atoms with Gasteiger partial charge in [0.05, 0.1) is 5.56 Å². The molecule has 8 heteroatoms. The smallest absolute Gasteiger partial charge is 0.399 e. The minimum absolute atomic E-state index is 0.213. The highest BCUT2D eigenvalue weighted by Gasteiger charge is 2.34. The molecule has 35 heavy (non-hydrogen) atoms. The van der Waals surface area contributed by atoms with E-state index in [0.29, 0.717) is 30.0 Å². The lowest BCUT2D eigenvalue weighted by Crippen LogP contribution is -2.21. The standard InChI is InChI=1S/C27H31F7O/c1-3-4-5-6-17-7-9-19(10-8-17)16(2)11-18-12-21(28)25(22(29)13-18)20-14-23(30)26(24(31)15-20)35-27(32,33)34/h12-17,19H,3-11H2,1-2H3.